The van der Waals surface area contributed by atoms with E-state index in [0.29, 0.717) is 5.92 Å². The van der Waals surface area contributed by atoms with Crippen LogP contribution in [0.15, 0.2) is 151 Å². The van der Waals surface area contributed by atoms with Crippen LogP contribution in [0, 0.1) is 0 Å². The molecule has 0 N–H and O–H groups in total. The van der Waals surface area contributed by atoms with Crippen LogP contribution in [-0.2, 0) is 5.41 Å². The molecule has 0 radical (unpaired) electrons. The van der Waals surface area contributed by atoms with Crippen molar-refractivity contribution in [2.24, 2.45) is 0 Å². The van der Waals surface area contributed by atoms with Gasteiger partial charge in [-0.25, -0.2) is 0 Å². The number of anilines is 2. The molecule has 0 saturated carbocycles. The fourth-order valence-electron chi connectivity index (χ4n) is 8.61. The molecule has 9 rings (SSSR count). The molecule has 47 heavy (non-hydrogen) atoms. The molecular weight excluding hydrogens is 569 g/mol. The average Bonchev–Trinajstić information content (AvgIpc) is 3.58. The minimum atomic E-state index is 0.0221. The van der Waals surface area contributed by atoms with Gasteiger partial charge in [-0.15, -0.1) is 0 Å². The number of benzene rings is 5. The first-order chi connectivity index (χ1) is 23.1. The predicted octanol–water partition coefficient (Wildman–Crippen LogP) is 12.2. The topological polar surface area (TPSA) is 8.17 Å². The average molecular weight is 609 g/mol. The monoisotopic (exact) mass is 608 g/mol. The maximum Gasteiger partial charge on any atom is 0.0541 e. The van der Waals surface area contributed by atoms with E-state index in [2.05, 4.69) is 163 Å². The zero-order valence-corrected chi connectivity index (χ0v) is 27.3. The molecule has 5 aromatic carbocycles. The second kappa shape index (κ2) is 11.0. The third-order valence-corrected chi connectivity index (χ3v) is 11.0. The van der Waals surface area contributed by atoms with Crippen molar-refractivity contribution in [3.8, 4) is 5.69 Å². The van der Waals surface area contributed by atoms with Gasteiger partial charge in [-0.1, -0.05) is 98.8 Å². The van der Waals surface area contributed by atoms with Gasteiger partial charge in [0.1, 0.15) is 0 Å². The van der Waals surface area contributed by atoms with Crippen LogP contribution in [0.3, 0.4) is 0 Å². The van der Waals surface area contributed by atoms with E-state index in [4.69, 9.17) is 0 Å². The van der Waals surface area contributed by atoms with E-state index >= 15 is 0 Å². The van der Waals surface area contributed by atoms with E-state index in [1.54, 1.807) is 5.57 Å². The number of nitrogens with zero attached hydrogens (tertiary/aromatic N) is 2. The van der Waals surface area contributed by atoms with Gasteiger partial charge in [-0.2, -0.15) is 0 Å². The molecule has 6 aromatic rings. The van der Waals surface area contributed by atoms with Crippen molar-refractivity contribution < 1.29 is 0 Å². The maximum atomic E-state index is 2.52. The molecular formula is C45H40N2. The Morgan fingerprint density at radius 3 is 2.28 bits per heavy atom. The molecule has 1 heterocycles. The van der Waals surface area contributed by atoms with Gasteiger partial charge in [0.25, 0.3) is 0 Å². The SMILES string of the molecule is CC1(C)C2=C(CCC=C2)c2ccc(N(C3=CCC(c4ccc5c(c4)c4ccccc4n5-c4ccccc4)CC3)c3ccccc3)cc21. The van der Waals surface area contributed by atoms with Crippen molar-refractivity contribution in [1.29, 1.82) is 0 Å². The number of fused-ring (bicyclic) bond motifs is 5. The van der Waals surface area contributed by atoms with Crippen molar-refractivity contribution in [2.75, 3.05) is 4.90 Å². The largest absolute Gasteiger partial charge is 0.315 e. The minimum Gasteiger partial charge on any atom is -0.315 e. The first-order valence-corrected chi connectivity index (χ1v) is 17.3. The fraction of sp³-hybridized carbons (Fsp3) is 0.200. The lowest BCUT2D eigenvalue weighted by molar-refractivity contribution is 0.594. The van der Waals surface area contributed by atoms with Crippen molar-refractivity contribution in [3.05, 3.63) is 168 Å². The first kappa shape index (κ1) is 28.2. The number of hydrogen-bond donors (Lipinski definition) is 0. The summed E-state index contributed by atoms with van der Waals surface area (Å²) in [7, 11) is 0. The Balaban J connectivity index is 1.07. The molecule has 3 aliphatic carbocycles. The molecule has 1 atom stereocenters. The smallest absolute Gasteiger partial charge is 0.0541 e. The van der Waals surface area contributed by atoms with Gasteiger partial charge in [0.2, 0.25) is 0 Å². The van der Waals surface area contributed by atoms with Gasteiger partial charge in [-0.3, -0.25) is 0 Å². The number of rotatable bonds is 5. The Labute approximate surface area is 278 Å². The predicted molar refractivity (Wildman–Crippen MR) is 199 cm³/mol. The van der Waals surface area contributed by atoms with Gasteiger partial charge >= 0.3 is 0 Å². The molecule has 0 bridgehead atoms. The highest BCUT2D eigenvalue weighted by Crippen LogP contribution is 2.51. The number of hydrogen-bond acceptors (Lipinski definition) is 1. The molecule has 0 fully saturated rings. The zero-order valence-electron chi connectivity index (χ0n) is 27.3. The molecule has 0 aliphatic heterocycles. The van der Waals surface area contributed by atoms with Crippen molar-refractivity contribution >= 4 is 38.8 Å². The number of para-hydroxylation sites is 3. The van der Waals surface area contributed by atoms with E-state index < -0.39 is 0 Å². The van der Waals surface area contributed by atoms with Crippen LogP contribution in [-0.4, -0.2) is 4.57 Å². The third-order valence-electron chi connectivity index (χ3n) is 11.0. The Hall–Kier alpha value is -5.08. The molecule has 0 spiro atoms. The van der Waals surface area contributed by atoms with Crippen LogP contribution in [0.25, 0.3) is 33.1 Å². The summed E-state index contributed by atoms with van der Waals surface area (Å²) in [6.07, 6.45) is 12.8. The molecule has 1 unspecified atom stereocenters. The van der Waals surface area contributed by atoms with Crippen LogP contribution in [0.1, 0.15) is 68.6 Å². The summed E-state index contributed by atoms with van der Waals surface area (Å²) >= 11 is 0. The molecule has 0 amide bonds. The van der Waals surface area contributed by atoms with Gasteiger partial charge in [0.05, 0.1) is 11.0 Å². The normalized spacial score (nSPS) is 18.3. The van der Waals surface area contributed by atoms with Gasteiger partial charge in [0.15, 0.2) is 0 Å². The second-order valence-corrected chi connectivity index (χ2v) is 14.0. The van der Waals surface area contributed by atoms with E-state index in [-0.39, 0.29) is 5.41 Å². The van der Waals surface area contributed by atoms with Crippen LogP contribution in [0.5, 0.6) is 0 Å². The van der Waals surface area contributed by atoms with Crippen LogP contribution >= 0.6 is 0 Å². The number of allylic oxidation sites excluding steroid dienone is 6. The first-order valence-electron chi connectivity index (χ1n) is 17.3. The lowest BCUT2D eigenvalue weighted by Crippen LogP contribution is -2.21. The van der Waals surface area contributed by atoms with Gasteiger partial charge in [-0.05, 0) is 120 Å². The Bertz CT molecular complexity index is 2240. The number of aromatic nitrogens is 1. The summed E-state index contributed by atoms with van der Waals surface area (Å²) in [5, 5.41) is 2.66. The van der Waals surface area contributed by atoms with Gasteiger partial charge in [0, 0.05) is 38.9 Å². The van der Waals surface area contributed by atoms with Crippen LogP contribution in [0.2, 0.25) is 0 Å². The second-order valence-electron chi connectivity index (χ2n) is 14.0. The Morgan fingerprint density at radius 1 is 0.702 bits per heavy atom. The lowest BCUT2D eigenvalue weighted by Gasteiger charge is -2.33. The Kier molecular flexibility index (Phi) is 6.61. The highest BCUT2D eigenvalue weighted by molar-refractivity contribution is 6.09. The summed E-state index contributed by atoms with van der Waals surface area (Å²) in [6, 6.07) is 45.0. The summed E-state index contributed by atoms with van der Waals surface area (Å²) < 4.78 is 2.41. The minimum absolute atomic E-state index is 0.0221. The van der Waals surface area contributed by atoms with Crippen LogP contribution < -0.4 is 4.90 Å². The van der Waals surface area contributed by atoms with Crippen molar-refractivity contribution in [3.63, 3.8) is 0 Å². The maximum absolute atomic E-state index is 2.52. The Morgan fingerprint density at radius 2 is 1.47 bits per heavy atom. The molecule has 230 valence electrons. The quantitative estimate of drug-likeness (QED) is 0.189. The van der Waals surface area contributed by atoms with Crippen LogP contribution in [0.4, 0.5) is 11.4 Å². The zero-order chi connectivity index (χ0) is 31.5. The van der Waals surface area contributed by atoms with E-state index in [1.165, 1.54) is 66.8 Å². The summed E-state index contributed by atoms with van der Waals surface area (Å²) in [6.45, 7) is 4.80. The molecule has 1 aromatic heterocycles. The molecule has 3 aliphatic rings. The molecule has 0 saturated heterocycles. The molecule has 2 nitrogen and oxygen atoms in total. The van der Waals surface area contributed by atoms with Crippen molar-refractivity contribution in [2.45, 2.75) is 57.3 Å². The summed E-state index contributed by atoms with van der Waals surface area (Å²) in [4.78, 5) is 2.52. The standard InChI is InChI=1S/C45H40N2/c1-45(2)41-19-11-9-17-37(41)38-27-26-36(30-42(38)45)46(33-13-5-3-6-14-33)35-24-21-31(22-25-35)32-23-28-44-40(29-32)39-18-10-12-20-43(39)47(44)34-15-7-4-8-16-34/h3-8,10-16,18-20,23-24,26-31H,9,17,21-22,25H2,1-2H3. The van der Waals surface area contributed by atoms with E-state index in [0.717, 1.165) is 32.1 Å². The van der Waals surface area contributed by atoms with E-state index in [1.807, 2.05) is 0 Å². The highest BCUT2D eigenvalue weighted by Gasteiger charge is 2.37. The lowest BCUT2D eigenvalue weighted by atomic mass is 9.80. The van der Waals surface area contributed by atoms with E-state index in [9.17, 15) is 0 Å². The van der Waals surface area contributed by atoms with Crippen molar-refractivity contribution in [1.82, 2.24) is 4.57 Å². The molecule has 2 heteroatoms. The summed E-state index contributed by atoms with van der Waals surface area (Å²) in [5.41, 5.74) is 15.1. The third kappa shape index (κ3) is 4.53. The fourth-order valence-corrected chi connectivity index (χ4v) is 8.61. The summed E-state index contributed by atoms with van der Waals surface area (Å²) in [5.74, 6) is 0.501. The highest BCUT2D eigenvalue weighted by atomic mass is 15.1. The van der Waals surface area contributed by atoms with Gasteiger partial charge < -0.3 is 9.47 Å².